The van der Waals surface area contributed by atoms with Crippen molar-refractivity contribution in [2.75, 3.05) is 26.2 Å². The first-order valence-electron chi connectivity index (χ1n) is 7.65. The summed E-state index contributed by atoms with van der Waals surface area (Å²) in [6.07, 6.45) is 3.44. The SMILES string of the molecule is Cn1ccc(C(=O)N2CCN(S(=O)(=O)c3cc(F)ccc3F)CC2)c1. The van der Waals surface area contributed by atoms with E-state index < -0.39 is 26.6 Å². The number of aryl methyl sites for hydroxylation is 1. The lowest BCUT2D eigenvalue weighted by atomic mass is 10.2. The molecule has 0 unspecified atom stereocenters. The van der Waals surface area contributed by atoms with Gasteiger partial charge in [0, 0.05) is 45.6 Å². The lowest BCUT2D eigenvalue weighted by Crippen LogP contribution is -2.50. The summed E-state index contributed by atoms with van der Waals surface area (Å²) in [6.45, 7) is 0.418. The lowest BCUT2D eigenvalue weighted by Gasteiger charge is -2.33. The molecule has 6 nitrogen and oxygen atoms in total. The van der Waals surface area contributed by atoms with Crippen molar-refractivity contribution in [2.45, 2.75) is 4.90 Å². The molecule has 0 saturated carbocycles. The van der Waals surface area contributed by atoms with Crippen molar-refractivity contribution in [3.05, 3.63) is 53.9 Å². The molecule has 1 saturated heterocycles. The van der Waals surface area contributed by atoms with Crippen LogP contribution in [0.5, 0.6) is 0 Å². The molecule has 1 aliphatic heterocycles. The Kier molecular flexibility index (Phi) is 4.61. The van der Waals surface area contributed by atoms with Gasteiger partial charge in [-0.25, -0.2) is 17.2 Å². The van der Waals surface area contributed by atoms with Crippen LogP contribution in [0.2, 0.25) is 0 Å². The zero-order valence-corrected chi connectivity index (χ0v) is 14.3. The minimum atomic E-state index is -4.15. The molecule has 2 aromatic rings. The standard InChI is InChI=1S/C16H17F2N3O3S/c1-19-5-4-12(11-19)16(22)20-6-8-21(9-7-20)25(23,24)15-10-13(17)2-3-14(15)18/h2-5,10-11H,6-9H2,1H3. The third kappa shape index (κ3) is 3.42. The van der Waals surface area contributed by atoms with E-state index in [4.69, 9.17) is 0 Å². The van der Waals surface area contributed by atoms with E-state index in [0.29, 0.717) is 11.6 Å². The molecule has 0 atom stereocenters. The summed E-state index contributed by atoms with van der Waals surface area (Å²) in [5, 5.41) is 0. The van der Waals surface area contributed by atoms with Crippen molar-refractivity contribution >= 4 is 15.9 Å². The average Bonchev–Trinajstić information content (AvgIpc) is 3.03. The molecule has 1 amide bonds. The van der Waals surface area contributed by atoms with Crippen LogP contribution >= 0.6 is 0 Å². The summed E-state index contributed by atoms with van der Waals surface area (Å²) in [5.41, 5.74) is 0.523. The third-order valence-electron chi connectivity index (χ3n) is 4.12. The highest BCUT2D eigenvalue weighted by Crippen LogP contribution is 2.22. The van der Waals surface area contributed by atoms with Crippen molar-refractivity contribution in [1.82, 2.24) is 13.8 Å². The van der Waals surface area contributed by atoms with E-state index in [0.717, 1.165) is 16.4 Å². The highest BCUT2D eigenvalue weighted by molar-refractivity contribution is 7.89. The number of sulfonamides is 1. The van der Waals surface area contributed by atoms with Gasteiger partial charge < -0.3 is 9.47 Å². The first-order chi connectivity index (χ1) is 11.8. The Morgan fingerprint density at radius 2 is 1.76 bits per heavy atom. The van der Waals surface area contributed by atoms with Crippen LogP contribution in [0, 0.1) is 11.6 Å². The minimum Gasteiger partial charge on any atom is -0.356 e. The Morgan fingerprint density at radius 3 is 2.36 bits per heavy atom. The number of aromatic nitrogens is 1. The van der Waals surface area contributed by atoms with Crippen LogP contribution < -0.4 is 0 Å². The highest BCUT2D eigenvalue weighted by Gasteiger charge is 2.32. The molecule has 0 spiro atoms. The predicted octanol–water partition coefficient (Wildman–Crippen LogP) is 1.45. The smallest absolute Gasteiger partial charge is 0.255 e. The van der Waals surface area contributed by atoms with Crippen molar-refractivity contribution in [3.63, 3.8) is 0 Å². The second kappa shape index (κ2) is 6.57. The van der Waals surface area contributed by atoms with E-state index in [1.165, 1.54) is 0 Å². The Morgan fingerprint density at radius 1 is 1.08 bits per heavy atom. The van der Waals surface area contributed by atoms with Gasteiger partial charge in [-0.05, 0) is 24.3 Å². The second-order valence-electron chi connectivity index (χ2n) is 5.84. The number of carbonyl (C=O) groups excluding carboxylic acids is 1. The van der Waals surface area contributed by atoms with Crippen molar-refractivity contribution in [1.29, 1.82) is 0 Å². The van der Waals surface area contributed by atoms with Gasteiger partial charge in [-0.2, -0.15) is 4.31 Å². The predicted molar refractivity (Wildman–Crippen MR) is 86.4 cm³/mol. The summed E-state index contributed by atoms with van der Waals surface area (Å²) >= 11 is 0. The third-order valence-corrected chi connectivity index (χ3v) is 6.03. The number of carbonyl (C=O) groups is 1. The summed E-state index contributed by atoms with van der Waals surface area (Å²) in [4.78, 5) is 13.2. The van der Waals surface area contributed by atoms with Gasteiger partial charge in [-0.1, -0.05) is 0 Å². The van der Waals surface area contributed by atoms with Gasteiger partial charge in [0.25, 0.3) is 5.91 Å². The Hall–Kier alpha value is -2.26. The van der Waals surface area contributed by atoms with E-state index in [1.807, 2.05) is 0 Å². The molecular formula is C16H17F2N3O3S. The monoisotopic (exact) mass is 369 g/mol. The van der Waals surface area contributed by atoms with Crippen LogP contribution in [0.4, 0.5) is 8.78 Å². The molecular weight excluding hydrogens is 352 g/mol. The number of rotatable bonds is 3. The van der Waals surface area contributed by atoms with E-state index in [2.05, 4.69) is 0 Å². The zero-order chi connectivity index (χ0) is 18.2. The van der Waals surface area contributed by atoms with Crippen molar-refractivity contribution in [3.8, 4) is 0 Å². The molecule has 0 aliphatic carbocycles. The van der Waals surface area contributed by atoms with Crippen molar-refractivity contribution in [2.24, 2.45) is 7.05 Å². The highest BCUT2D eigenvalue weighted by atomic mass is 32.2. The largest absolute Gasteiger partial charge is 0.356 e. The number of benzene rings is 1. The number of piperazine rings is 1. The second-order valence-corrected chi connectivity index (χ2v) is 7.74. The van der Waals surface area contributed by atoms with Gasteiger partial charge in [0.2, 0.25) is 10.0 Å². The topological polar surface area (TPSA) is 62.6 Å². The Labute approximate surface area is 144 Å². The summed E-state index contributed by atoms with van der Waals surface area (Å²) in [6, 6.07) is 4.02. The fourth-order valence-electron chi connectivity index (χ4n) is 2.76. The number of hydrogen-bond donors (Lipinski definition) is 0. The molecule has 1 aromatic carbocycles. The molecule has 25 heavy (non-hydrogen) atoms. The molecule has 2 heterocycles. The maximum Gasteiger partial charge on any atom is 0.255 e. The van der Waals surface area contributed by atoms with Crippen LogP contribution in [0.25, 0.3) is 0 Å². The van der Waals surface area contributed by atoms with E-state index in [9.17, 15) is 22.0 Å². The molecule has 0 radical (unpaired) electrons. The van der Waals surface area contributed by atoms with E-state index in [-0.39, 0.29) is 32.1 Å². The van der Waals surface area contributed by atoms with Gasteiger partial charge in [-0.3, -0.25) is 4.79 Å². The van der Waals surface area contributed by atoms with Gasteiger partial charge in [0.05, 0.1) is 5.56 Å². The Balaban J connectivity index is 1.73. The molecule has 1 aromatic heterocycles. The summed E-state index contributed by atoms with van der Waals surface area (Å²) < 4.78 is 55.0. The van der Waals surface area contributed by atoms with Crippen LogP contribution in [0.1, 0.15) is 10.4 Å². The minimum absolute atomic E-state index is 0.0247. The van der Waals surface area contributed by atoms with Crippen molar-refractivity contribution < 1.29 is 22.0 Å². The molecule has 134 valence electrons. The fraction of sp³-hybridized carbons (Fsp3) is 0.312. The molecule has 0 bridgehead atoms. The van der Waals surface area contributed by atoms with E-state index in [1.54, 1.807) is 35.0 Å². The first-order valence-corrected chi connectivity index (χ1v) is 9.09. The first kappa shape index (κ1) is 17.6. The molecule has 1 aliphatic rings. The van der Waals surface area contributed by atoms with Gasteiger partial charge in [0.1, 0.15) is 16.5 Å². The summed E-state index contributed by atoms with van der Waals surface area (Å²) in [5.74, 6) is -2.00. The lowest BCUT2D eigenvalue weighted by molar-refractivity contribution is 0.0697. The van der Waals surface area contributed by atoms with Gasteiger partial charge in [0.15, 0.2) is 0 Å². The van der Waals surface area contributed by atoms with Gasteiger partial charge >= 0.3 is 0 Å². The normalized spacial score (nSPS) is 16.2. The van der Waals surface area contributed by atoms with Crippen LogP contribution in [-0.2, 0) is 17.1 Å². The average molecular weight is 369 g/mol. The molecule has 0 N–H and O–H groups in total. The number of hydrogen-bond acceptors (Lipinski definition) is 3. The number of halogens is 2. The quantitative estimate of drug-likeness (QED) is 0.823. The molecule has 3 rings (SSSR count). The number of amides is 1. The molecule has 9 heteroatoms. The maximum absolute atomic E-state index is 13.8. The van der Waals surface area contributed by atoms with Crippen LogP contribution in [0.15, 0.2) is 41.6 Å². The van der Waals surface area contributed by atoms with Crippen LogP contribution in [0.3, 0.4) is 0 Å². The zero-order valence-electron chi connectivity index (χ0n) is 13.5. The number of nitrogens with zero attached hydrogens (tertiary/aromatic N) is 3. The summed E-state index contributed by atoms with van der Waals surface area (Å²) in [7, 11) is -2.35. The van der Waals surface area contributed by atoms with Crippen LogP contribution in [-0.4, -0.2) is 54.3 Å². The van der Waals surface area contributed by atoms with E-state index >= 15 is 0 Å². The molecule has 1 fully saturated rings. The Bertz CT molecular complexity index is 903. The maximum atomic E-state index is 13.8. The van der Waals surface area contributed by atoms with Gasteiger partial charge in [-0.15, -0.1) is 0 Å². The fourth-order valence-corrected chi connectivity index (χ4v) is 4.26.